The smallest absolute Gasteiger partial charge is 0.223 e. The fourth-order valence-electron chi connectivity index (χ4n) is 2.67. The fourth-order valence-corrected chi connectivity index (χ4v) is 2.67. The highest BCUT2D eigenvalue weighted by molar-refractivity contribution is 5.76. The molecule has 1 N–H and O–H groups in total. The zero-order valence-corrected chi connectivity index (χ0v) is 12.2. The van der Waals surface area contributed by atoms with E-state index in [1.165, 1.54) is 6.07 Å². The van der Waals surface area contributed by atoms with Crippen molar-refractivity contribution in [3.8, 4) is 11.3 Å². The number of nitrogens with zero attached hydrogens (tertiary/aromatic N) is 1. The van der Waals surface area contributed by atoms with Crippen LogP contribution in [-0.2, 0) is 11.2 Å². The molecule has 1 amide bonds. The van der Waals surface area contributed by atoms with Gasteiger partial charge in [-0.25, -0.2) is 4.39 Å². The lowest BCUT2D eigenvalue weighted by Gasteiger charge is -2.14. The maximum absolute atomic E-state index is 13.7. The number of hydrogen-bond acceptors (Lipinski definition) is 3. The van der Waals surface area contributed by atoms with Crippen molar-refractivity contribution in [2.75, 3.05) is 13.1 Å². The summed E-state index contributed by atoms with van der Waals surface area (Å²) >= 11 is 0. The molecule has 3 rings (SSSR count). The Bertz CT molecular complexity index is 667. The Morgan fingerprint density at radius 3 is 2.86 bits per heavy atom. The standard InChI is InChI=1S/C17H18FNO3/c18-15-4-2-1-3-14(15)16-7-5-13(22-16)6-8-17(21)19-10-9-12(20)11-19/h1-5,7,12,20H,6,8-11H2/t12-/m1/s1. The molecule has 22 heavy (non-hydrogen) atoms. The minimum absolute atomic E-state index is 0.0143. The minimum Gasteiger partial charge on any atom is -0.461 e. The summed E-state index contributed by atoms with van der Waals surface area (Å²) in [6, 6.07) is 9.93. The Morgan fingerprint density at radius 1 is 1.32 bits per heavy atom. The van der Waals surface area contributed by atoms with Crippen LogP contribution in [0.2, 0.25) is 0 Å². The van der Waals surface area contributed by atoms with Gasteiger partial charge in [0.15, 0.2) is 0 Å². The third kappa shape index (κ3) is 3.20. The molecule has 1 atom stereocenters. The molecule has 0 saturated carbocycles. The number of carbonyl (C=O) groups is 1. The molecule has 0 bridgehead atoms. The molecular weight excluding hydrogens is 285 g/mol. The van der Waals surface area contributed by atoms with Crippen molar-refractivity contribution in [3.05, 3.63) is 48.0 Å². The van der Waals surface area contributed by atoms with Crippen LogP contribution in [0.3, 0.4) is 0 Å². The van der Waals surface area contributed by atoms with Gasteiger partial charge in [-0.05, 0) is 30.7 Å². The van der Waals surface area contributed by atoms with Crippen LogP contribution in [-0.4, -0.2) is 35.1 Å². The molecule has 0 radical (unpaired) electrons. The van der Waals surface area contributed by atoms with Crippen LogP contribution in [0.1, 0.15) is 18.6 Å². The molecular formula is C17H18FNO3. The maximum atomic E-state index is 13.7. The van der Waals surface area contributed by atoms with E-state index in [9.17, 15) is 14.3 Å². The predicted molar refractivity (Wildman–Crippen MR) is 79.6 cm³/mol. The number of rotatable bonds is 4. The van der Waals surface area contributed by atoms with E-state index in [-0.39, 0.29) is 11.7 Å². The number of hydrogen-bond donors (Lipinski definition) is 1. The highest BCUT2D eigenvalue weighted by Crippen LogP contribution is 2.25. The number of likely N-dealkylation sites (tertiary alicyclic amines) is 1. The molecule has 2 heterocycles. The Morgan fingerprint density at radius 2 is 2.14 bits per heavy atom. The zero-order valence-electron chi connectivity index (χ0n) is 12.2. The summed E-state index contributed by atoms with van der Waals surface area (Å²) in [6.07, 6.45) is 1.04. The lowest BCUT2D eigenvalue weighted by Crippen LogP contribution is -2.29. The number of β-amino-alcohol motifs (C(OH)–C–C–N with tert-alkyl or cyclic N) is 1. The van der Waals surface area contributed by atoms with E-state index in [2.05, 4.69) is 0 Å². The van der Waals surface area contributed by atoms with Crippen LogP contribution < -0.4 is 0 Å². The van der Waals surface area contributed by atoms with Crippen LogP contribution in [0.4, 0.5) is 4.39 Å². The maximum Gasteiger partial charge on any atom is 0.223 e. The minimum atomic E-state index is -0.403. The van der Waals surface area contributed by atoms with Gasteiger partial charge in [-0.2, -0.15) is 0 Å². The van der Waals surface area contributed by atoms with Gasteiger partial charge < -0.3 is 14.4 Å². The first-order valence-corrected chi connectivity index (χ1v) is 7.43. The number of furan rings is 1. The number of amides is 1. The molecule has 1 aliphatic heterocycles. The van der Waals surface area contributed by atoms with Gasteiger partial charge >= 0.3 is 0 Å². The van der Waals surface area contributed by atoms with Crippen molar-refractivity contribution in [3.63, 3.8) is 0 Å². The van der Waals surface area contributed by atoms with Gasteiger partial charge in [0.05, 0.1) is 11.7 Å². The summed E-state index contributed by atoms with van der Waals surface area (Å²) < 4.78 is 19.3. The Balaban J connectivity index is 1.60. The second-order valence-corrected chi connectivity index (χ2v) is 5.53. The Hall–Kier alpha value is -2.14. The highest BCUT2D eigenvalue weighted by atomic mass is 19.1. The van der Waals surface area contributed by atoms with E-state index in [0.717, 1.165) is 0 Å². The number of aliphatic hydroxyl groups excluding tert-OH is 1. The van der Waals surface area contributed by atoms with Crippen LogP contribution >= 0.6 is 0 Å². The normalized spacial score (nSPS) is 17.9. The second-order valence-electron chi connectivity index (χ2n) is 5.53. The van der Waals surface area contributed by atoms with Crippen molar-refractivity contribution in [1.29, 1.82) is 0 Å². The van der Waals surface area contributed by atoms with Crippen molar-refractivity contribution in [2.24, 2.45) is 0 Å². The van der Waals surface area contributed by atoms with E-state index in [0.29, 0.717) is 49.4 Å². The SMILES string of the molecule is O=C(CCc1ccc(-c2ccccc2F)o1)N1CC[C@@H](O)C1. The molecule has 1 saturated heterocycles. The lowest BCUT2D eigenvalue weighted by molar-refractivity contribution is -0.130. The molecule has 1 aromatic heterocycles. The number of benzene rings is 1. The van der Waals surface area contributed by atoms with Crippen molar-refractivity contribution in [2.45, 2.75) is 25.4 Å². The molecule has 0 aliphatic carbocycles. The first kappa shape index (κ1) is 14.8. The third-order valence-electron chi connectivity index (χ3n) is 3.90. The van der Waals surface area contributed by atoms with E-state index >= 15 is 0 Å². The van der Waals surface area contributed by atoms with Gasteiger partial charge in [0.25, 0.3) is 0 Å². The summed E-state index contributed by atoms with van der Waals surface area (Å²) in [7, 11) is 0. The molecule has 1 fully saturated rings. The number of carbonyl (C=O) groups excluding carboxylic acids is 1. The molecule has 1 aromatic carbocycles. The Labute approximate surface area is 128 Å². The van der Waals surface area contributed by atoms with E-state index in [1.807, 2.05) is 0 Å². The largest absolute Gasteiger partial charge is 0.461 e. The number of aliphatic hydroxyl groups is 1. The molecule has 5 heteroatoms. The Kier molecular flexibility index (Phi) is 4.24. The van der Waals surface area contributed by atoms with Crippen molar-refractivity contribution >= 4 is 5.91 Å². The van der Waals surface area contributed by atoms with Crippen molar-refractivity contribution in [1.82, 2.24) is 4.90 Å². The molecule has 4 nitrogen and oxygen atoms in total. The molecule has 2 aromatic rings. The fraction of sp³-hybridized carbons (Fsp3) is 0.353. The van der Waals surface area contributed by atoms with E-state index < -0.39 is 6.10 Å². The van der Waals surface area contributed by atoms with Crippen LogP contribution in [0, 0.1) is 5.82 Å². The van der Waals surface area contributed by atoms with E-state index in [1.54, 1.807) is 35.2 Å². The molecule has 116 valence electrons. The number of aryl methyl sites for hydroxylation is 1. The lowest BCUT2D eigenvalue weighted by atomic mass is 10.1. The summed E-state index contributed by atoms with van der Waals surface area (Å²) in [4.78, 5) is 13.7. The zero-order chi connectivity index (χ0) is 15.5. The average molecular weight is 303 g/mol. The summed E-state index contributed by atoms with van der Waals surface area (Å²) in [6.45, 7) is 1.02. The average Bonchev–Trinajstić information content (AvgIpc) is 3.14. The van der Waals surface area contributed by atoms with Gasteiger partial charge in [0, 0.05) is 25.9 Å². The van der Waals surface area contributed by atoms with Crippen LogP contribution in [0.5, 0.6) is 0 Å². The third-order valence-corrected chi connectivity index (χ3v) is 3.90. The second kappa shape index (κ2) is 6.32. The summed E-state index contributed by atoms with van der Waals surface area (Å²) in [5.74, 6) is 0.814. The van der Waals surface area contributed by atoms with Crippen LogP contribution in [0.25, 0.3) is 11.3 Å². The quantitative estimate of drug-likeness (QED) is 0.944. The first-order chi connectivity index (χ1) is 10.6. The van der Waals surface area contributed by atoms with Crippen LogP contribution in [0.15, 0.2) is 40.8 Å². The van der Waals surface area contributed by atoms with Gasteiger partial charge in [-0.1, -0.05) is 12.1 Å². The summed E-state index contributed by atoms with van der Waals surface area (Å²) in [5, 5.41) is 9.44. The molecule has 0 unspecified atom stereocenters. The van der Waals surface area contributed by atoms with Gasteiger partial charge in [-0.15, -0.1) is 0 Å². The first-order valence-electron chi connectivity index (χ1n) is 7.43. The molecule has 1 aliphatic rings. The van der Waals surface area contributed by atoms with Crippen molar-refractivity contribution < 1.29 is 18.7 Å². The predicted octanol–water partition coefficient (Wildman–Crippen LogP) is 2.61. The summed E-state index contributed by atoms with van der Waals surface area (Å²) in [5.41, 5.74) is 0.419. The van der Waals surface area contributed by atoms with Gasteiger partial charge in [0.1, 0.15) is 17.3 Å². The number of halogens is 1. The van der Waals surface area contributed by atoms with Gasteiger partial charge in [-0.3, -0.25) is 4.79 Å². The van der Waals surface area contributed by atoms with E-state index in [4.69, 9.17) is 4.42 Å². The highest BCUT2D eigenvalue weighted by Gasteiger charge is 2.24. The van der Waals surface area contributed by atoms with Gasteiger partial charge in [0.2, 0.25) is 5.91 Å². The topological polar surface area (TPSA) is 53.7 Å². The molecule has 0 spiro atoms. The monoisotopic (exact) mass is 303 g/mol.